The van der Waals surface area contributed by atoms with Crippen molar-refractivity contribution >= 4 is 22.7 Å². The number of para-hydroxylation sites is 2. The highest BCUT2D eigenvalue weighted by Crippen LogP contribution is 2.30. The van der Waals surface area contributed by atoms with Crippen LogP contribution in [0, 0.1) is 13.8 Å². The van der Waals surface area contributed by atoms with Gasteiger partial charge in [-0.3, -0.25) is 4.57 Å². The van der Waals surface area contributed by atoms with Gasteiger partial charge in [0.2, 0.25) is 0 Å². The standard InChI is InChI=1S/C21H19N3O3S/c1-13-8-16-15(10-20(25)27-19(16)9-14(13)2)11-28-21-23-22-12-24(21)17-6-4-5-7-18(17)26-3/h4-10,12H,11H2,1-3H3. The molecule has 2 aromatic heterocycles. The van der Waals surface area contributed by atoms with Crippen LogP contribution in [-0.2, 0) is 5.75 Å². The molecule has 6 nitrogen and oxygen atoms in total. The minimum atomic E-state index is -0.349. The molecular weight excluding hydrogens is 374 g/mol. The number of rotatable bonds is 5. The smallest absolute Gasteiger partial charge is 0.336 e. The number of methoxy groups -OCH3 is 1. The molecule has 2 aromatic carbocycles. The number of ether oxygens (including phenoxy) is 1. The maximum absolute atomic E-state index is 12.0. The average Bonchev–Trinajstić information content (AvgIpc) is 3.16. The summed E-state index contributed by atoms with van der Waals surface area (Å²) in [5.41, 5.74) is 4.28. The number of hydrogen-bond acceptors (Lipinski definition) is 6. The van der Waals surface area contributed by atoms with Gasteiger partial charge in [0.05, 0.1) is 12.8 Å². The summed E-state index contributed by atoms with van der Waals surface area (Å²) in [6.07, 6.45) is 1.66. The highest BCUT2D eigenvalue weighted by molar-refractivity contribution is 7.98. The molecule has 0 saturated heterocycles. The molecule has 0 aliphatic rings. The zero-order chi connectivity index (χ0) is 19.7. The van der Waals surface area contributed by atoms with E-state index in [0.29, 0.717) is 11.3 Å². The van der Waals surface area contributed by atoms with Crippen LogP contribution in [0.15, 0.2) is 63.2 Å². The first-order chi connectivity index (χ1) is 13.6. The lowest BCUT2D eigenvalue weighted by atomic mass is 10.0. The predicted molar refractivity (Wildman–Crippen MR) is 109 cm³/mol. The Bertz CT molecular complexity index is 1210. The second kappa shape index (κ2) is 7.52. The number of fused-ring (bicyclic) bond motifs is 1. The fourth-order valence-electron chi connectivity index (χ4n) is 3.06. The number of hydrogen-bond donors (Lipinski definition) is 0. The predicted octanol–water partition coefficient (Wildman–Crippen LogP) is 4.29. The van der Waals surface area contributed by atoms with Gasteiger partial charge in [-0.05, 0) is 54.8 Å². The van der Waals surface area contributed by atoms with Crippen molar-refractivity contribution in [3.63, 3.8) is 0 Å². The second-order valence-electron chi connectivity index (χ2n) is 6.47. The topological polar surface area (TPSA) is 70.2 Å². The van der Waals surface area contributed by atoms with E-state index in [4.69, 9.17) is 9.15 Å². The molecule has 0 saturated carbocycles. The minimum Gasteiger partial charge on any atom is -0.495 e. The monoisotopic (exact) mass is 393 g/mol. The van der Waals surface area contributed by atoms with Crippen molar-refractivity contribution in [2.75, 3.05) is 7.11 Å². The molecule has 4 rings (SSSR count). The van der Waals surface area contributed by atoms with Crippen molar-refractivity contribution in [3.05, 3.63) is 75.9 Å². The Balaban J connectivity index is 1.69. The Kier molecular flexibility index (Phi) is 4.92. The maximum Gasteiger partial charge on any atom is 0.336 e. The molecule has 0 atom stereocenters. The van der Waals surface area contributed by atoms with Crippen LogP contribution in [0.2, 0.25) is 0 Å². The van der Waals surface area contributed by atoms with E-state index >= 15 is 0 Å². The van der Waals surface area contributed by atoms with E-state index in [-0.39, 0.29) is 5.63 Å². The van der Waals surface area contributed by atoms with Gasteiger partial charge in [-0.15, -0.1) is 10.2 Å². The molecule has 28 heavy (non-hydrogen) atoms. The second-order valence-corrected chi connectivity index (χ2v) is 7.41. The van der Waals surface area contributed by atoms with Crippen molar-refractivity contribution < 1.29 is 9.15 Å². The van der Waals surface area contributed by atoms with Gasteiger partial charge < -0.3 is 9.15 Å². The van der Waals surface area contributed by atoms with Gasteiger partial charge in [0, 0.05) is 17.2 Å². The van der Waals surface area contributed by atoms with Crippen molar-refractivity contribution in [3.8, 4) is 11.4 Å². The van der Waals surface area contributed by atoms with Gasteiger partial charge in [0.1, 0.15) is 17.7 Å². The van der Waals surface area contributed by atoms with Gasteiger partial charge in [-0.25, -0.2) is 4.79 Å². The Morgan fingerprint density at radius 2 is 1.93 bits per heavy atom. The molecule has 0 unspecified atom stereocenters. The quantitative estimate of drug-likeness (QED) is 0.372. The third-order valence-electron chi connectivity index (χ3n) is 4.66. The van der Waals surface area contributed by atoms with Crippen LogP contribution in [0.4, 0.5) is 0 Å². The largest absolute Gasteiger partial charge is 0.495 e. The molecule has 0 radical (unpaired) electrons. The summed E-state index contributed by atoms with van der Waals surface area (Å²) < 4.78 is 12.7. The lowest BCUT2D eigenvalue weighted by Crippen LogP contribution is -2.02. The highest BCUT2D eigenvalue weighted by atomic mass is 32.2. The Morgan fingerprint density at radius 1 is 1.14 bits per heavy atom. The van der Waals surface area contributed by atoms with Gasteiger partial charge in [-0.1, -0.05) is 23.9 Å². The molecule has 7 heteroatoms. The van der Waals surface area contributed by atoms with Crippen molar-refractivity contribution in [2.45, 2.75) is 24.8 Å². The molecule has 4 aromatic rings. The number of aromatic nitrogens is 3. The molecular formula is C21H19N3O3S. The third kappa shape index (κ3) is 3.41. The Hall–Kier alpha value is -3.06. The third-order valence-corrected chi connectivity index (χ3v) is 5.65. The first-order valence-corrected chi connectivity index (χ1v) is 9.75. The summed E-state index contributed by atoms with van der Waals surface area (Å²) >= 11 is 1.51. The zero-order valence-electron chi connectivity index (χ0n) is 15.8. The van der Waals surface area contributed by atoms with Gasteiger partial charge in [0.25, 0.3) is 0 Å². The molecule has 0 fully saturated rings. The molecule has 0 aliphatic carbocycles. The van der Waals surface area contributed by atoms with Gasteiger partial charge in [-0.2, -0.15) is 0 Å². The fourth-order valence-corrected chi connectivity index (χ4v) is 3.97. The number of aryl methyl sites for hydroxylation is 2. The van der Waals surface area contributed by atoms with Crippen molar-refractivity contribution in [2.24, 2.45) is 0 Å². The number of benzene rings is 2. The molecule has 2 heterocycles. The minimum absolute atomic E-state index is 0.349. The summed E-state index contributed by atoms with van der Waals surface area (Å²) in [7, 11) is 1.63. The van der Waals surface area contributed by atoms with Crippen molar-refractivity contribution in [1.29, 1.82) is 0 Å². The average molecular weight is 393 g/mol. The number of thioether (sulfide) groups is 1. The Labute approximate surface area is 166 Å². The number of nitrogens with zero attached hydrogens (tertiary/aromatic N) is 3. The van der Waals surface area contributed by atoms with Crippen molar-refractivity contribution in [1.82, 2.24) is 14.8 Å². The van der Waals surface area contributed by atoms with Gasteiger partial charge in [0.15, 0.2) is 5.16 Å². The zero-order valence-corrected chi connectivity index (χ0v) is 16.6. The molecule has 0 spiro atoms. The first-order valence-electron chi connectivity index (χ1n) is 8.77. The van der Waals surface area contributed by atoms with Crippen LogP contribution in [-0.4, -0.2) is 21.9 Å². The van der Waals surface area contributed by atoms with E-state index in [9.17, 15) is 4.79 Å². The summed E-state index contributed by atoms with van der Waals surface area (Å²) in [5.74, 6) is 1.30. The van der Waals surface area contributed by atoms with E-state index < -0.39 is 0 Å². The molecule has 0 aliphatic heterocycles. The van der Waals surface area contributed by atoms with Crippen LogP contribution in [0.1, 0.15) is 16.7 Å². The highest BCUT2D eigenvalue weighted by Gasteiger charge is 2.13. The fraction of sp³-hybridized carbons (Fsp3) is 0.190. The summed E-state index contributed by atoms with van der Waals surface area (Å²) in [6, 6.07) is 13.2. The molecule has 0 amide bonds. The van der Waals surface area contributed by atoms with Crippen LogP contribution < -0.4 is 10.4 Å². The molecule has 142 valence electrons. The van der Waals surface area contributed by atoms with E-state index in [0.717, 1.165) is 38.7 Å². The first kappa shape index (κ1) is 18.3. The SMILES string of the molecule is COc1ccccc1-n1cnnc1SCc1cc(=O)oc2cc(C)c(C)cc12. The normalized spacial score (nSPS) is 11.1. The van der Waals surface area contributed by atoms with E-state index in [2.05, 4.69) is 23.2 Å². The van der Waals surface area contributed by atoms with E-state index in [1.807, 2.05) is 41.8 Å². The van der Waals surface area contributed by atoms with E-state index in [1.54, 1.807) is 19.5 Å². The summed E-state index contributed by atoms with van der Waals surface area (Å²) in [5, 5.41) is 9.94. The maximum atomic E-state index is 12.0. The Morgan fingerprint density at radius 3 is 2.75 bits per heavy atom. The van der Waals surface area contributed by atoms with E-state index in [1.165, 1.54) is 11.8 Å². The van der Waals surface area contributed by atoms with Crippen LogP contribution in [0.25, 0.3) is 16.7 Å². The van der Waals surface area contributed by atoms with Gasteiger partial charge >= 0.3 is 5.63 Å². The lowest BCUT2D eigenvalue weighted by Gasteiger charge is -2.11. The van der Waals surface area contributed by atoms with Crippen LogP contribution >= 0.6 is 11.8 Å². The van der Waals surface area contributed by atoms with Crippen LogP contribution in [0.5, 0.6) is 5.75 Å². The molecule has 0 bridgehead atoms. The lowest BCUT2D eigenvalue weighted by molar-refractivity contribution is 0.412. The molecule has 0 N–H and O–H groups in total. The summed E-state index contributed by atoms with van der Waals surface area (Å²) in [6.45, 7) is 4.06. The summed E-state index contributed by atoms with van der Waals surface area (Å²) in [4.78, 5) is 12.0. The van der Waals surface area contributed by atoms with Crippen LogP contribution in [0.3, 0.4) is 0 Å².